The zero-order valence-electron chi connectivity index (χ0n) is 20.2. The molecule has 2 atom stereocenters. The smallest absolute Gasteiger partial charge is 0.250 e. The number of ether oxygens (including phenoxy) is 1. The van der Waals surface area contributed by atoms with Crippen LogP contribution in [0.15, 0.2) is 60.9 Å². The van der Waals surface area contributed by atoms with Crippen molar-refractivity contribution in [1.29, 1.82) is 0 Å². The molecule has 2 N–H and O–H groups in total. The number of nitrogens with one attached hydrogen (secondary N) is 2. The van der Waals surface area contributed by atoms with E-state index in [1.807, 2.05) is 36.5 Å². The molecule has 1 aliphatic heterocycles. The molecule has 2 aromatic heterocycles. The van der Waals surface area contributed by atoms with Crippen molar-refractivity contribution in [2.45, 2.75) is 50.2 Å². The number of carbonyl (C=O) groups excluding carboxylic acids is 1. The normalized spacial score (nSPS) is 20.4. The quantitative estimate of drug-likeness (QED) is 0.381. The molecule has 1 saturated carbocycles. The van der Waals surface area contributed by atoms with Crippen LogP contribution >= 0.6 is 23.8 Å². The fourth-order valence-electron chi connectivity index (χ4n) is 5.36. The van der Waals surface area contributed by atoms with Crippen molar-refractivity contribution in [3.05, 3.63) is 77.3 Å². The summed E-state index contributed by atoms with van der Waals surface area (Å²) in [6.07, 6.45) is 10.2. The first-order valence-electron chi connectivity index (χ1n) is 12.3. The van der Waals surface area contributed by atoms with Crippen LogP contribution in [0.5, 0.6) is 0 Å². The maximum Gasteiger partial charge on any atom is 0.250 e. The van der Waals surface area contributed by atoms with Gasteiger partial charge in [0.15, 0.2) is 5.11 Å². The number of carbonyl (C=O) groups is 1. The number of rotatable bonds is 7. The van der Waals surface area contributed by atoms with Gasteiger partial charge in [-0.2, -0.15) is 0 Å². The van der Waals surface area contributed by atoms with Crippen molar-refractivity contribution >= 4 is 46.2 Å². The number of anilines is 2. The van der Waals surface area contributed by atoms with Crippen LogP contribution in [-0.2, 0) is 9.53 Å². The fourth-order valence-corrected chi connectivity index (χ4v) is 5.92. The topological polar surface area (TPSA) is 71.4 Å². The predicted octanol–water partition coefficient (Wildman–Crippen LogP) is 5.80. The van der Waals surface area contributed by atoms with E-state index in [1.165, 1.54) is 44.9 Å². The minimum absolute atomic E-state index is 0.0375. The summed E-state index contributed by atoms with van der Waals surface area (Å²) in [6, 6.07) is 16.1. The molecule has 5 rings (SSSR count). The van der Waals surface area contributed by atoms with Crippen LogP contribution in [0.4, 0.5) is 11.4 Å². The minimum Gasteiger partial charge on any atom is -0.375 e. The molecule has 1 aromatic carbocycles. The monoisotopic (exact) mass is 523 g/mol. The van der Waals surface area contributed by atoms with Crippen molar-refractivity contribution < 1.29 is 9.53 Å². The van der Waals surface area contributed by atoms with Gasteiger partial charge in [-0.05, 0) is 67.5 Å². The molecule has 0 bridgehead atoms. The molecule has 3 heterocycles. The summed E-state index contributed by atoms with van der Waals surface area (Å²) in [7, 11) is 1.48. The van der Waals surface area contributed by atoms with E-state index >= 15 is 0 Å². The molecule has 0 unspecified atom stereocenters. The Labute approximate surface area is 221 Å². The van der Waals surface area contributed by atoms with E-state index in [-0.39, 0.29) is 24.6 Å². The lowest BCUT2D eigenvalue weighted by Crippen LogP contribution is -2.31. The van der Waals surface area contributed by atoms with Crippen LogP contribution in [0.3, 0.4) is 0 Å². The molecule has 7 nitrogen and oxygen atoms in total. The van der Waals surface area contributed by atoms with Crippen LogP contribution in [-0.4, -0.2) is 34.3 Å². The molecule has 0 spiro atoms. The van der Waals surface area contributed by atoms with E-state index in [9.17, 15) is 4.79 Å². The molecule has 36 heavy (non-hydrogen) atoms. The van der Waals surface area contributed by atoms with Crippen LogP contribution in [0.1, 0.15) is 61.6 Å². The second-order valence-corrected chi connectivity index (χ2v) is 10.1. The Morgan fingerprint density at radius 1 is 1.19 bits per heavy atom. The third kappa shape index (κ3) is 4.98. The Bertz CT molecular complexity index is 1230. The van der Waals surface area contributed by atoms with Crippen LogP contribution in [0.25, 0.3) is 0 Å². The van der Waals surface area contributed by atoms with E-state index in [4.69, 9.17) is 28.6 Å². The first-order chi connectivity index (χ1) is 17.6. The van der Waals surface area contributed by atoms with Gasteiger partial charge in [0.05, 0.1) is 22.4 Å². The zero-order chi connectivity index (χ0) is 25.1. The average Bonchev–Trinajstić information content (AvgIpc) is 3.51. The summed E-state index contributed by atoms with van der Waals surface area (Å²) >= 11 is 12.5. The van der Waals surface area contributed by atoms with Crippen LogP contribution in [0, 0.1) is 0 Å². The summed E-state index contributed by atoms with van der Waals surface area (Å²) in [5.41, 5.74) is 3.50. The van der Waals surface area contributed by atoms with Gasteiger partial charge in [0.2, 0.25) is 5.91 Å². The number of benzene rings is 1. The van der Waals surface area contributed by atoms with E-state index < -0.39 is 0 Å². The predicted molar refractivity (Wildman–Crippen MR) is 146 cm³/mol. The highest BCUT2D eigenvalue weighted by atomic mass is 35.5. The number of halogens is 1. The summed E-state index contributed by atoms with van der Waals surface area (Å²) in [5, 5.41) is 7.35. The maximum absolute atomic E-state index is 12.0. The number of nitrogens with zero attached hydrogens (tertiary/aromatic N) is 3. The highest BCUT2D eigenvalue weighted by Gasteiger charge is 2.42. The Morgan fingerprint density at radius 2 is 2.03 bits per heavy atom. The van der Waals surface area contributed by atoms with Crippen molar-refractivity contribution in [2.75, 3.05) is 23.9 Å². The van der Waals surface area contributed by atoms with E-state index in [1.54, 1.807) is 6.07 Å². The van der Waals surface area contributed by atoms with Gasteiger partial charge in [0.25, 0.3) is 0 Å². The summed E-state index contributed by atoms with van der Waals surface area (Å²) in [5.74, 6) is -0.260. The Kier molecular flexibility index (Phi) is 7.55. The van der Waals surface area contributed by atoms with Crippen molar-refractivity contribution in [2.24, 2.45) is 0 Å². The summed E-state index contributed by atoms with van der Waals surface area (Å²) in [6.45, 7) is -0.0375. The molecule has 3 aromatic rings. The number of methoxy groups -OCH3 is 1. The standard InChI is InChI=1S/C27H30ClN5O2S/c1-35-17-24(34)30-21-13-12-19(16-20(21)28)33-26(25(31-27(33)36)22-10-5-6-14-29-22)23-11-7-15-32(23)18-8-3-2-4-9-18/h5-7,10-16,18,25-26H,2-4,8-9,17H2,1H3,(H,30,34)(H,31,36)/t25-,26+/m0/s1. The number of aromatic nitrogens is 2. The SMILES string of the molecule is COCC(=O)Nc1ccc(N2C(=S)N[C@@H](c3ccccn3)[C@H]2c2cccn2C2CCCCC2)cc1Cl. The van der Waals surface area contributed by atoms with Crippen molar-refractivity contribution in [3.8, 4) is 0 Å². The van der Waals surface area contributed by atoms with E-state index in [0.29, 0.717) is 21.9 Å². The largest absolute Gasteiger partial charge is 0.375 e. The van der Waals surface area contributed by atoms with Crippen molar-refractivity contribution in [3.63, 3.8) is 0 Å². The molecule has 2 fully saturated rings. The molecular weight excluding hydrogens is 494 g/mol. The highest BCUT2D eigenvalue weighted by molar-refractivity contribution is 7.80. The van der Waals surface area contributed by atoms with Crippen LogP contribution in [0.2, 0.25) is 5.02 Å². The van der Waals surface area contributed by atoms with Gasteiger partial charge in [-0.15, -0.1) is 0 Å². The van der Waals surface area contributed by atoms with E-state index in [0.717, 1.165) is 11.4 Å². The number of thiocarbonyl (C=S) groups is 1. The summed E-state index contributed by atoms with van der Waals surface area (Å²) < 4.78 is 7.34. The molecule has 2 aliphatic rings. The molecule has 188 valence electrons. The lowest BCUT2D eigenvalue weighted by molar-refractivity contribution is -0.119. The van der Waals surface area contributed by atoms with Gasteiger partial charge in [0.1, 0.15) is 12.6 Å². The number of amides is 1. The van der Waals surface area contributed by atoms with Gasteiger partial charge in [-0.3, -0.25) is 9.78 Å². The minimum atomic E-state index is -0.260. The number of pyridine rings is 1. The zero-order valence-corrected chi connectivity index (χ0v) is 21.8. The Hall–Kier alpha value is -2.94. The van der Waals surface area contributed by atoms with Gasteiger partial charge in [-0.1, -0.05) is 36.9 Å². The third-order valence-corrected chi connectivity index (χ3v) is 7.59. The molecule has 1 amide bonds. The lowest BCUT2D eigenvalue weighted by Gasteiger charge is -2.32. The van der Waals surface area contributed by atoms with Gasteiger partial charge < -0.3 is 24.8 Å². The van der Waals surface area contributed by atoms with Gasteiger partial charge in [-0.25, -0.2) is 0 Å². The number of hydrogen-bond acceptors (Lipinski definition) is 4. The lowest BCUT2D eigenvalue weighted by atomic mass is 9.94. The van der Waals surface area contributed by atoms with Gasteiger partial charge in [0, 0.05) is 36.9 Å². The van der Waals surface area contributed by atoms with Crippen molar-refractivity contribution in [1.82, 2.24) is 14.9 Å². The molecule has 0 radical (unpaired) electrons. The van der Waals surface area contributed by atoms with Gasteiger partial charge >= 0.3 is 0 Å². The number of hydrogen-bond donors (Lipinski definition) is 2. The molecule has 1 saturated heterocycles. The van der Waals surface area contributed by atoms with E-state index in [2.05, 4.69) is 43.4 Å². The first kappa shape index (κ1) is 24.7. The second-order valence-electron chi connectivity index (χ2n) is 9.27. The summed E-state index contributed by atoms with van der Waals surface area (Å²) in [4.78, 5) is 18.8. The Balaban J connectivity index is 1.54. The maximum atomic E-state index is 12.0. The van der Waals surface area contributed by atoms with Crippen LogP contribution < -0.4 is 15.5 Å². The fraction of sp³-hybridized carbons (Fsp3) is 0.370. The molecule has 9 heteroatoms. The molecular formula is C27H30ClN5O2S. The molecule has 1 aliphatic carbocycles. The second kappa shape index (κ2) is 11.0. The Morgan fingerprint density at radius 3 is 2.75 bits per heavy atom. The average molecular weight is 524 g/mol. The first-order valence-corrected chi connectivity index (χ1v) is 13.1. The third-order valence-electron chi connectivity index (χ3n) is 6.96. The highest BCUT2D eigenvalue weighted by Crippen LogP contribution is 2.44.